The molecule has 0 aliphatic heterocycles. The molecular formula is C21H18F5N3O3. The van der Waals surface area contributed by atoms with Gasteiger partial charge in [0.1, 0.15) is 6.54 Å². The summed E-state index contributed by atoms with van der Waals surface area (Å²) < 4.78 is 68.4. The van der Waals surface area contributed by atoms with Crippen molar-refractivity contribution in [2.45, 2.75) is 32.1 Å². The molecule has 1 amide bonds. The van der Waals surface area contributed by atoms with Crippen LogP contribution in [-0.4, -0.2) is 38.0 Å². The molecule has 1 heterocycles. The van der Waals surface area contributed by atoms with E-state index in [0.29, 0.717) is 0 Å². The number of benzene rings is 2. The molecule has 2 aromatic carbocycles. The third-order valence-electron chi connectivity index (χ3n) is 4.75. The Morgan fingerprint density at radius 1 is 1.06 bits per heavy atom. The first-order chi connectivity index (χ1) is 15.1. The van der Waals surface area contributed by atoms with Gasteiger partial charge >= 0.3 is 12.1 Å². The molecule has 0 aliphatic carbocycles. The number of rotatable bonds is 8. The molecule has 1 aromatic heterocycles. The molecule has 0 radical (unpaired) electrons. The molecule has 0 fully saturated rings. The first kappa shape index (κ1) is 23.2. The Morgan fingerprint density at radius 2 is 1.78 bits per heavy atom. The number of carbonyl (C=O) groups is 2. The highest BCUT2D eigenvalue weighted by Gasteiger charge is 2.37. The third-order valence-corrected chi connectivity index (χ3v) is 4.75. The van der Waals surface area contributed by atoms with Crippen LogP contribution >= 0.6 is 0 Å². The van der Waals surface area contributed by atoms with Crippen LogP contribution < -0.4 is 0 Å². The van der Waals surface area contributed by atoms with Crippen LogP contribution in [0, 0.1) is 11.6 Å². The summed E-state index contributed by atoms with van der Waals surface area (Å²) in [5.41, 5.74) is 0.191. The molecule has 0 aliphatic rings. The number of fused-ring (bicyclic) bond motifs is 1. The van der Waals surface area contributed by atoms with Crippen LogP contribution in [0.5, 0.6) is 0 Å². The topological polar surface area (TPSA) is 75.4 Å². The molecule has 3 aromatic rings. The predicted molar refractivity (Wildman–Crippen MR) is 103 cm³/mol. The van der Waals surface area contributed by atoms with Crippen molar-refractivity contribution >= 4 is 22.9 Å². The number of carbonyl (C=O) groups excluding carboxylic acids is 1. The second-order valence-corrected chi connectivity index (χ2v) is 7.03. The third kappa shape index (κ3) is 5.21. The van der Waals surface area contributed by atoms with E-state index in [-0.39, 0.29) is 36.0 Å². The van der Waals surface area contributed by atoms with Crippen molar-refractivity contribution in [3.63, 3.8) is 0 Å². The molecule has 6 nitrogen and oxygen atoms in total. The number of para-hydroxylation sites is 2. The summed E-state index contributed by atoms with van der Waals surface area (Å²) in [5.74, 6) is -5.52. The molecule has 11 heteroatoms. The van der Waals surface area contributed by atoms with Gasteiger partial charge in [0.05, 0.1) is 11.0 Å². The molecule has 0 bridgehead atoms. The van der Waals surface area contributed by atoms with Crippen molar-refractivity contribution in [3.8, 4) is 0 Å². The lowest BCUT2D eigenvalue weighted by molar-refractivity contribution is -0.147. The molecule has 0 unspecified atom stereocenters. The lowest BCUT2D eigenvalue weighted by atomic mass is 10.1. The highest BCUT2D eigenvalue weighted by Crippen LogP contribution is 2.31. The van der Waals surface area contributed by atoms with Crippen LogP contribution in [0.2, 0.25) is 0 Å². The highest BCUT2D eigenvalue weighted by atomic mass is 19.4. The fraction of sp³-hybridized carbons (Fsp3) is 0.286. The number of carboxylic acid groups (broad SMARTS) is 1. The Bertz CT molecular complexity index is 1140. The van der Waals surface area contributed by atoms with Gasteiger partial charge in [-0.05, 0) is 24.6 Å². The second-order valence-electron chi connectivity index (χ2n) is 7.03. The van der Waals surface area contributed by atoms with Crippen LogP contribution in [-0.2, 0) is 28.9 Å². The monoisotopic (exact) mass is 455 g/mol. The Labute approximate surface area is 178 Å². The summed E-state index contributed by atoms with van der Waals surface area (Å²) in [4.78, 5) is 28.1. The number of hydrogen-bond acceptors (Lipinski definition) is 3. The molecule has 0 atom stereocenters. The van der Waals surface area contributed by atoms with Gasteiger partial charge in [-0.2, -0.15) is 13.2 Å². The number of hydrogen-bond donors (Lipinski definition) is 1. The normalized spacial score (nSPS) is 11.7. The quantitative estimate of drug-likeness (QED) is 0.516. The number of aliphatic carboxylic acids is 1. The fourth-order valence-corrected chi connectivity index (χ4v) is 3.34. The van der Waals surface area contributed by atoms with Gasteiger partial charge in [-0.25, -0.2) is 13.8 Å². The molecule has 0 saturated carbocycles. The molecule has 170 valence electrons. The van der Waals surface area contributed by atoms with Gasteiger partial charge in [0.25, 0.3) is 0 Å². The molecule has 0 spiro atoms. The number of nitrogens with zero attached hydrogens (tertiary/aromatic N) is 3. The van der Waals surface area contributed by atoms with Gasteiger partial charge in [0.15, 0.2) is 11.6 Å². The van der Waals surface area contributed by atoms with Crippen molar-refractivity contribution in [1.29, 1.82) is 0 Å². The number of carboxylic acids is 1. The summed E-state index contributed by atoms with van der Waals surface area (Å²) in [7, 11) is 0. The summed E-state index contributed by atoms with van der Waals surface area (Å²) in [6, 6.07) is 9.35. The van der Waals surface area contributed by atoms with E-state index in [0.717, 1.165) is 15.5 Å². The van der Waals surface area contributed by atoms with Crippen LogP contribution in [0.4, 0.5) is 22.0 Å². The van der Waals surface area contributed by atoms with E-state index in [9.17, 15) is 31.5 Å². The molecule has 3 rings (SSSR count). The number of aromatic nitrogens is 2. The van der Waals surface area contributed by atoms with Crippen LogP contribution in [0.25, 0.3) is 11.0 Å². The Kier molecular flexibility index (Phi) is 6.75. The first-order valence-electron chi connectivity index (χ1n) is 9.53. The summed E-state index contributed by atoms with van der Waals surface area (Å²) in [6.45, 7) is -1.45. The van der Waals surface area contributed by atoms with Crippen LogP contribution in [0.1, 0.15) is 24.2 Å². The standard InChI is InChI=1S/C21H18F5N3O3/c22-14-6-3-5-13(19(14)23)11-28(12-18(31)32)17(30)9-4-10-29-16-8-2-1-7-15(16)27-20(29)21(24,25)26/h1-3,5-8H,4,9-12H2,(H,31,32). The first-order valence-corrected chi connectivity index (χ1v) is 9.53. The van der Waals surface area contributed by atoms with E-state index in [1.807, 2.05) is 0 Å². The maximum atomic E-state index is 13.9. The molecule has 32 heavy (non-hydrogen) atoms. The van der Waals surface area contributed by atoms with E-state index in [1.165, 1.54) is 24.3 Å². The number of imidazole rings is 1. The predicted octanol–water partition coefficient (Wildman–Crippen LogP) is 4.23. The zero-order valence-corrected chi connectivity index (χ0v) is 16.6. The summed E-state index contributed by atoms with van der Waals surface area (Å²) in [6.07, 6.45) is -5.05. The van der Waals surface area contributed by atoms with Crippen LogP contribution in [0.3, 0.4) is 0 Å². The van der Waals surface area contributed by atoms with E-state index in [4.69, 9.17) is 5.11 Å². The average molecular weight is 455 g/mol. The summed E-state index contributed by atoms with van der Waals surface area (Å²) >= 11 is 0. The van der Waals surface area contributed by atoms with E-state index < -0.39 is 48.6 Å². The van der Waals surface area contributed by atoms with Gasteiger partial charge in [-0.15, -0.1) is 0 Å². The smallest absolute Gasteiger partial charge is 0.449 e. The minimum atomic E-state index is -4.70. The van der Waals surface area contributed by atoms with Crippen molar-refractivity contribution in [1.82, 2.24) is 14.5 Å². The highest BCUT2D eigenvalue weighted by molar-refractivity contribution is 5.81. The van der Waals surface area contributed by atoms with Gasteiger partial charge in [0.2, 0.25) is 11.7 Å². The van der Waals surface area contributed by atoms with Crippen molar-refractivity contribution in [2.24, 2.45) is 0 Å². The Hall–Kier alpha value is -3.50. The van der Waals surface area contributed by atoms with E-state index in [2.05, 4.69) is 4.98 Å². The van der Waals surface area contributed by atoms with Gasteiger partial charge in [0, 0.05) is 25.1 Å². The number of amides is 1. The SMILES string of the molecule is O=C(O)CN(Cc1cccc(F)c1F)C(=O)CCCn1c(C(F)(F)F)nc2ccccc21. The largest absolute Gasteiger partial charge is 0.480 e. The second kappa shape index (κ2) is 9.33. The lowest BCUT2D eigenvalue weighted by Crippen LogP contribution is -2.35. The lowest BCUT2D eigenvalue weighted by Gasteiger charge is -2.21. The molecule has 0 saturated heterocycles. The Morgan fingerprint density at radius 3 is 2.47 bits per heavy atom. The van der Waals surface area contributed by atoms with Gasteiger partial charge in [-0.1, -0.05) is 24.3 Å². The molecule has 1 N–H and O–H groups in total. The van der Waals surface area contributed by atoms with E-state index >= 15 is 0 Å². The zero-order chi connectivity index (χ0) is 23.5. The van der Waals surface area contributed by atoms with Gasteiger partial charge in [-0.3, -0.25) is 9.59 Å². The van der Waals surface area contributed by atoms with Crippen molar-refractivity contribution in [3.05, 3.63) is 65.5 Å². The minimum absolute atomic E-state index is 0.0516. The fourth-order valence-electron chi connectivity index (χ4n) is 3.34. The minimum Gasteiger partial charge on any atom is -0.480 e. The van der Waals surface area contributed by atoms with Crippen molar-refractivity contribution in [2.75, 3.05) is 6.54 Å². The average Bonchev–Trinajstić information content (AvgIpc) is 3.10. The molecular weight excluding hydrogens is 437 g/mol. The maximum absolute atomic E-state index is 13.9. The van der Waals surface area contributed by atoms with E-state index in [1.54, 1.807) is 12.1 Å². The van der Waals surface area contributed by atoms with Crippen LogP contribution in [0.15, 0.2) is 42.5 Å². The summed E-state index contributed by atoms with van der Waals surface area (Å²) in [5, 5.41) is 9.06. The Balaban J connectivity index is 1.74. The number of halogens is 5. The number of alkyl halides is 3. The number of aryl methyl sites for hydroxylation is 1. The van der Waals surface area contributed by atoms with Gasteiger partial charge < -0.3 is 14.6 Å². The van der Waals surface area contributed by atoms with Crippen molar-refractivity contribution < 1.29 is 36.6 Å². The zero-order valence-electron chi connectivity index (χ0n) is 16.6. The maximum Gasteiger partial charge on any atom is 0.449 e.